The Labute approximate surface area is 109 Å². The van der Waals surface area contributed by atoms with Crippen LogP contribution in [0.4, 0.5) is 5.69 Å². The first kappa shape index (κ1) is 12.8. The van der Waals surface area contributed by atoms with Crippen LogP contribution < -0.4 is 0 Å². The van der Waals surface area contributed by atoms with Gasteiger partial charge in [-0.25, -0.2) is 4.79 Å². The maximum atomic E-state index is 12.2. The summed E-state index contributed by atoms with van der Waals surface area (Å²) >= 11 is 5.85. The molecule has 0 N–H and O–H groups in total. The Hall–Kier alpha value is -1.68. The van der Waals surface area contributed by atoms with Crippen LogP contribution >= 0.6 is 11.6 Å². The van der Waals surface area contributed by atoms with Gasteiger partial charge in [0.25, 0.3) is 5.91 Å². The molecule has 1 aliphatic rings. The summed E-state index contributed by atoms with van der Waals surface area (Å²) in [5.41, 5.74) is 0.709. The Morgan fingerprint density at radius 3 is 2.78 bits per heavy atom. The van der Waals surface area contributed by atoms with Crippen LogP contribution in [0.5, 0.6) is 0 Å². The summed E-state index contributed by atoms with van der Waals surface area (Å²) in [5, 5.41) is 0.317. The monoisotopic (exact) mass is 266 g/mol. The highest BCUT2D eigenvalue weighted by atomic mass is 35.5. The van der Waals surface area contributed by atoms with E-state index in [1.165, 1.54) is 12.1 Å². The molecule has 1 aromatic rings. The van der Waals surface area contributed by atoms with Gasteiger partial charge in [0.15, 0.2) is 0 Å². The third-order valence-corrected chi connectivity index (χ3v) is 2.98. The van der Waals surface area contributed by atoms with E-state index in [1.807, 2.05) is 0 Å². The maximum absolute atomic E-state index is 12.2. The quantitative estimate of drug-likeness (QED) is 0.606. The van der Waals surface area contributed by atoms with Crippen molar-refractivity contribution in [2.75, 3.05) is 26.3 Å². The van der Waals surface area contributed by atoms with Gasteiger partial charge in [-0.1, -0.05) is 11.6 Å². The molecule has 0 unspecified atom stereocenters. The highest BCUT2D eigenvalue weighted by molar-refractivity contribution is 6.33. The summed E-state index contributed by atoms with van der Waals surface area (Å²) in [6.07, 6.45) is 1.42. The summed E-state index contributed by atoms with van der Waals surface area (Å²) in [4.78, 5) is 27.6. The summed E-state index contributed by atoms with van der Waals surface area (Å²) in [6, 6.07) is 4.65. The Kier molecular flexibility index (Phi) is 4.10. The van der Waals surface area contributed by atoms with E-state index >= 15 is 0 Å². The minimum absolute atomic E-state index is 0.114. The Bertz CT molecular complexity index is 506. The van der Waals surface area contributed by atoms with Crippen LogP contribution in [0.15, 0.2) is 23.2 Å². The SMILES string of the molecule is O=C=Nc1cc(C(=O)N2CCOCC2)ccc1Cl. The van der Waals surface area contributed by atoms with Crippen molar-refractivity contribution < 1.29 is 14.3 Å². The fourth-order valence-corrected chi connectivity index (χ4v) is 1.89. The molecule has 0 bridgehead atoms. The van der Waals surface area contributed by atoms with Gasteiger partial charge in [0, 0.05) is 18.7 Å². The molecule has 1 saturated heterocycles. The van der Waals surface area contributed by atoms with E-state index in [0.717, 1.165) is 0 Å². The molecule has 1 amide bonds. The number of morpholine rings is 1. The molecule has 5 nitrogen and oxygen atoms in total. The predicted octanol–water partition coefficient (Wildman–Crippen LogP) is 1.78. The molecule has 1 aromatic carbocycles. The Morgan fingerprint density at radius 2 is 2.11 bits per heavy atom. The van der Waals surface area contributed by atoms with Crippen molar-refractivity contribution >= 4 is 29.3 Å². The molecule has 0 aliphatic carbocycles. The largest absolute Gasteiger partial charge is 0.378 e. The van der Waals surface area contributed by atoms with Gasteiger partial charge in [-0.15, -0.1) is 0 Å². The minimum Gasteiger partial charge on any atom is -0.378 e. The highest BCUT2D eigenvalue weighted by Crippen LogP contribution is 2.26. The van der Waals surface area contributed by atoms with Crippen molar-refractivity contribution in [2.24, 2.45) is 4.99 Å². The molecule has 94 valence electrons. The molecule has 0 saturated carbocycles. The lowest BCUT2D eigenvalue weighted by Gasteiger charge is -2.26. The van der Waals surface area contributed by atoms with Crippen LogP contribution in [-0.4, -0.2) is 43.2 Å². The van der Waals surface area contributed by atoms with E-state index in [-0.39, 0.29) is 11.6 Å². The van der Waals surface area contributed by atoms with Gasteiger partial charge in [-0.05, 0) is 18.2 Å². The van der Waals surface area contributed by atoms with Crippen LogP contribution in [0.3, 0.4) is 0 Å². The molecule has 18 heavy (non-hydrogen) atoms. The van der Waals surface area contributed by atoms with Crippen LogP contribution in [-0.2, 0) is 9.53 Å². The normalized spacial score (nSPS) is 15.1. The number of nitrogens with zero attached hydrogens (tertiary/aromatic N) is 2. The summed E-state index contributed by atoms with van der Waals surface area (Å²) in [5.74, 6) is -0.114. The maximum Gasteiger partial charge on any atom is 0.254 e. The zero-order valence-corrected chi connectivity index (χ0v) is 10.3. The smallest absolute Gasteiger partial charge is 0.254 e. The van der Waals surface area contributed by atoms with Crippen LogP contribution in [0.2, 0.25) is 5.02 Å². The molecule has 1 heterocycles. The Morgan fingerprint density at radius 1 is 1.39 bits per heavy atom. The van der Waals surface area contributed by atoms with Crippen LogP contribution in [0.25, 0.3) is 0 Å². The average Bonchev–Trinajstić information content (AvgIpc) is 2.42. The zero-order chi connectivity index (χ0) is 13.0. The molecule has 0 aromatic heterocycles. The zero-order valence-electron chi connectivity index (χ0n) is 9.56. The van der Waals surface area contributed by atoms with Crippen molar-refractivity contribution in [1.29, 1.82) is 0 Å². The topological polar surface area (TPSA) is 59.0 Å². The third-order valence-electron chi connectivity index (χ3n) is 2.66. The van der Waals surface area contributed by atoms with Crippen molar-refractivity contribution in [3.05, 3.63) is 28.8 Å². The predicted molar refractivity (Wildman–Crippen MR) is 66.0 cm³/mol. The van der Waals surface area contributed by atoms with E-state index in [0.29, 0.717) is 36.9 Å². The molecule has 2 rings (SSSR count). The number of amides is 1. The van der Waals surface area contributed by atoms with Crippen LogP contribution in [0.1, 0.15) is 10.4 Å². The fraction of sp³-hybridized carbons (Fsp3) is 0.333. The first-order valence-electron chi connectivity index (χ1n) is 5.47. The van der Waals surface area contributed by atoms with E-state index in [4.69, 9.17) is 16.3 Å². The molecular weight excluding hydrogens is 256 g/mol. The summed E-state index contributed by atoms with van der Waals surface area (Å²) < 4.78 is 5.18. The first-order chi connectivity index (χ1) is 8.72. The number of hydrogen-bond acceptors (Lipinski definition) is 4. The number of ether oxygens (including phenoxy) is 1. The molecule has 0 radical (unpaired) electrons. The van der Waals surface area contributed by atoms with Crippen molar-refractivity contribution in [1.82, 2.24) is 4.90 Å². The van der Waals surface area contributed by atoms with E-state index in [9.17, 15) is 9.59 Å². The number of rotatable bonds is 2. The lowest BCUT2D eigenvalue weighted by atomic mass is 10.1. The van der Waals surface area contributed by atoms with Gasteiger partial charge < -0.3 is 9.64 Å². The first-order valence-corrected chi connectivity index (χ1v) is 5.84. The Balaban J connectivity index is 2.24. The minimum atomic E-state index is -0.114. The van der Waals surface area contributed by atoms with Gasteiger partial charge in [-0.3, -0.25) is 4.79 Å². The van der Waals surface area contributed by atoms with Crippen molar-refractivity contribution in [3.8, 4) is 0 Å². The number of isocyanates is 1. The lowest BCUT2D eigenvalue weighted by Crippen LogP contribution is -2.40. The van der Waals surface area contributed by atoms with Gasteiger partial charge in [-0.2, -0.15) is 4.99 Å². The van der Waals surface area contributed by atoms with Gasteiger partial charge in [0.05, 0.1) is 23.9 Å². The van der Waals surface area contributed by atoms with Gasteiger partial charge in [0.1, 0.15) is 0 Å². The third kappa shape index (κ3) is 2.76. The standard InChI is InChI=1S/C12H11ClN2O3/c13-10-2-1-9(7-11(10)14-8-16)12(17)15-3-5-18-6-4-15/h1-2,7H,3-6H2. The van der Waals surface area contributed by atoms with Gasteiger partial charge in [0.2, 0.25) is 6.08 Å². The molecule has 1 aliphatic heterocycles. The number of carbonyl (C=O) groups is 1. The number of aliphatic imine (C=N–C) groups is 1. The lowest BCUT2D eigenvalue weighted by molar-refractivity contribution is 0.0303. The number of benzene rings is 1. The molecule has 0 atom stereocenters. The van der Waals surface area contributed by atoms with E-state index in [2.05, 4.69) is 4.99 Å². The second-order valence-corrected chi connectivity index (χ2v) is 4.18. The van der Waals surface area contributed by atoms with E-state index in [1.54, 1.807) is 17.0 Å². The number of carbonyl (C=O) groups excluding carboxylic acids is 2. The van der Waals surface area contributed by atoms with Crippen molar-refractivity contribution in [3.63, 3.8) is 0 Å². The molecular formula is C12H11ClN2O3. The second-order valence-electron chi connectivity index (χ2n) is 3.77. The average molecular weight is 267 g/mol. The fourth-order valence-electron chi connectivity index (χ4n) is 1.73. The molecule has 1 fully saturated rings. The van der Waals surface area contributed by atoms with E-state index < -0.39 is 0 Å². The van der Waals surface area contributed by atoms with Gasteiger partial charge >= 0.3 is 0 Å². The van der Waals surface area contributed by atoms with Crippen molar-refractivity contribution in [2.45, 2.75) is 0 Å². The molecule has 0 spiro atoms. The summed E-state index contributed by atoms with van der Waals surface area (Å²) in [7, 11) is 0. The summed E-state index contributed by atoms with van der Waals surface area (Å²) in [6.45, 7) is 2.21. The number of halogens is 1. The second kappa shape index (κ2) is 5.78. The number of hydrogen-bond donors (Lipinski definition) is 0. The van der Waals surface area contributed by atoms with Crippen LogP contribution in [0, 0.1) is 0 Å². The highest BCUT2D eigenvalue weighted by Gasteiger charge is 2.19. The molecule has 6 heteroatoms.